The van der Waals surface area contributed by atoms with Crippen LogP contribution in [0.4, 0.5) is 0 Å². The summed E-state index contributed by atoms with van der Waals surface area (Å²) in [5.41, 5.74) is 0.101. The van der Waals surface area contributed by atoms with Gasteiger partial charge in [0.05, 0.1) is 5.92 Å². The number of amides is 2. The van der Waals surface area contributed by atoms with Gasteiger partial charge in [0.2, 0.25) is 11.8 Å². The molecule has 1 saturated heterocycles. The predicted octanol–water partition coefficient (Wildman–Crippen LogP) is 0.503. The molecule has 0 aromatic rings. The third kappa shape index (κ3) is 3.26. The molecule has 108 valence electrons. The minimum Gasteiger partial charge on any atom is -0.355 e. The second-order valence-corrected chi connectivity index (χ2v) is 6.10. The van der Waals surface area contributed by atoms with Gasteiger partial charge in [-0.25, -0.2) is 0 Å². The fourth-order valence-corrected chi connectivity index (χ4v) is 3.18. The molecule has 2 amide bonds. The zero-order valence-corrected chi connectivity index (χ0v) is 12.0. The Labute approximate surface area is 115 Å². The fourth-order valence-electron chi connectivity index (χ4n) is 3.18. The van der Waals surface area contributed by atoms with Crippen LogP contribution in [-0.2, 0) is 9.59 Å². The quantitative estimate of drug-likeness (QED) is 0.780. The van der Waals surface area contributed by atoms with E-state index in [0.29, 0.717) is 19.5 Å². The van der Waals surface area contributed by atoms with E-state index < -0.39 is 0 Å². The highest BCUT2D eigenvalue weighted by Gasteiger charge is 2.36. The summed E-state index contributed by atoms with van der Waals surface area (Å²) in [6.07, 6.45) is 6.38. The molecule has 0 bridgehead atoms. The molecule has 5 heteroatoms. The number of likely N-dealkylation sites (N-methyl/N-ethyl adjacent to an activating group) is 1. The van der Waals surface area contributed by atoms with Crippen molar-refractivity contribution in [1.82, 2.24) is 15.5 Å². The largest absolute Gasteiger partial charge is 0.355 e. The molecule has 1 aliphatic heterocycles. The molecule has 2 aliphatic rings. The summed E-state index contributed by atoms with van der Waals surface area (Å²) in [5.74, 6) is -0.180. The van der Waals surface area contributed by atoms with Gasteiger partial charge in [0.1, 0.15) is 0 Å². The minimum absolute atomic E-state index is 0.0138. The number of rotatable bonds is 4. The number of carbonyl (C=O) groups excluding carboxylic acids is 2. The van der Waals surface area contributed by atoms with Crippen LogP contribution in [0.15, 0.2) is 0 Å². The molecular weight excluding hydrogens is 242 g/mol. The van der Waals surface area contributed by atoms with Crippen molar-refractivity contribution in [1.29, 1.82) is 0 Å². The molecule has 2 N–H and O–H groups in total. The van der Waals surface area contributed by atoms with Crippen molar-refractivity contribution < 1.29 is 9.59 Å². The van der Waals surface area contributed by atoms with Crippen LogP contribution in [-0.4, -0.2) is 49.4 Å². The monoisotopic (exact) mass is 267 g/mol. The maximum Gasteiger partial charge on any atom is 0.225 e. The second kappa shape index (κ2) is 5.90. The van der Waals surface area contributed by atoms with E-state index in [1.54, 1.807) is 0 Å². The van der Waals surface area contributed by atoms with E-state index in [2.05, 4.69) is 29.6 Å². The van der Waals surface area contributed by atoms with E-state index in [1.807, 2.05) is 0 Å². The molecule has 0 aromatic heterocycles. The summed E-state index contributed by atoms with van der Waals surface area (Å²) < 4.78 is 0. The van der Waals surface area contributed by atoms with Crippen molar-refractivity contribution >= 4 is 11.8 Å². The van der Waals surface area contributed by atoms with Crippen molar-refractivity contribution in [2.45, 2.75) is 44.1 Å². The Bertz CT molecular complexity index is 349. The molecule has 0 spiro atoms. The first-order chi connectivity index (χ1) is 9.03. The van der Waals surface area contributed by atoms with E-state index in [-0.39, 0.29) is 23.3 Å². The summed E-state index contributed by atoms with van der Waals surface area (Å²) in [7, 11) is 4.19. The summed E-state index contributed by atoms with van der Waals surface area (Å²) >= 11 is 0. The van der Waals surface area contributed by atoms with Crippen molar-refractivity contribution in [3.05, 3.63) is 0 Å². The molecule has 0 aromatic carbocycles. The Morgan fingerprint density at radius 2 is 2.05 bits per heavy atom. The average Bonchev–Trinajstić information content (AvgIpc) is 2.83. The van der Waals surface area contributed by atoms with E-state index in [9.17, 15) is 9.59 Å². The van der Waals surface area contributed by atoms with Gasteiger partial charge in [0, 0.05) is 25.0 Å². The molecular formula is C14H25N3O2. The maximum absolute atomic E-state index is 12.1. The van der Waals surface area contributed by atoms with E-state index in [4.69, 9.17) is 0 Å². The number of hydrogen-bond donors (Lipinski definition) is 2. The third-order valence-corrected chi connectivity index (χ3v) is 4.67. The molecule has 19 heavy (non-hydrogen) atoms. The van der Waals surface area contributed by atoms with Crippen LogP contribution in [0.5, 0.6) is 0 Å². The van der Waals surface area contributed by atoms with Gasteiger partial charge in [-0.3, -0.25) is 9.59 Å². The molecule has 1 aliphatic carbocycles. The fraction of sp³-hybridized carbons (Fsp3) is 0.857. The SMILES string of the molecule is CN(C)C1(CNC(=O)C2CNC(=O)C2)CCCCC1. The Balaban J connectivity index is 1.88. The Kier molecular flexibility index (Phi) is 4.45. The lowest BCUT2D eigenvalue weighted by Gasteiger charge is -2.43. The Morgan fingerprint density at radius 3 is 2.58 bits per heavy atom. The zero-order valence-electron chi connectivity index (χ0n) is 12.0. The standard InChI is InChI=1S/C14H25N3O2/c1-17(2)14(6-4-3-5-7-14)10-16-13(19)11-8-12(18)15-9-11/h11H,3-10H2,1-2H3,(H,15,18)(H,16,19). The van der Waals surface area contributed by atoms with Gasteiger partial charge in [0.25, 0.3) is 0 Å². The summed E-state index contributed by atoms with van der Waals surface area (Å²) in [6.45, 7) is 1.18. The summed E-state index contributed by atoms with van der Waals surface area (Å²) in [6, 6.07) is 0. The summed E-state index contributed by atoms with van der Waals surface area (Å²) in [4.78, 5) is 25.5. The molecule has 1 unspecified atom stereocenters. The molecule has 2 fully saturated rings. The first kappa shape index (κ1) is 14.3. The third-order valence-electron chi connectivity index (χ3n) is 4.67. The van der Waals surface area contributed by atoms with Gasteiger partial charge in [-0.1, -0.05) is 19.3 Å². The Morgan fingerprint density at radius 1 is 1.37 bits per heavy atom. The average molecular weight is 267 g/mol. The van der Waals surface area contributed by atoms with Crippen LogP contribution in [0.1, 0.15) is 38.5 Å². The normalized spacial score (nSPS) is 26.3. The summed E-state index contributed by atoms with van der Waals surface area (Å²) in [5, 5.41) is 5.77. The smallest absolute Gasteiger partial charge is 0.225 e. The predicted molar refractivity (Wildman–Crippen MR) is 73.6 cm³/mol. The molecule has 1 heterocycles. The highest BCUT2D eigenvalue weighted by atomic mass is 16.2. The Hall–Kier alpha value is -1.10. The van der Waals surface area contributed by atoms with Gasteiger partial charge in [-0.05, 0) is 26.9 Å². The first-order valence-electron chi connectivity index (χ1n) is 7.25. The van der Waals surface area contributed by atoms with Gasteiger partial charge in [-0.2, -0.15) is 0 Å². The molecule has 2 rings (SSSR count). The van der Waals surface area contributed by atoms with Crippen molar-refractivity contribution in [3.63, 3.8) is 0 Å². The van der Waals surface area contributed by atoms with E-state index >= 15 is 0 Å². The number of nitrogens with one attached hydrogen (secondary N) is 2. The van der Waals surface area contributed by atoms with Crippen LogP contribution in [0.2, 0.25) is 0 Å². The van der Waals surface area contributed by atoms with Gasteiger partial charge < -0.3 is 15.5 Å². The lowest BCUT2D eigenvalue weighted by Crippen LogP contribution is -2.54. The molecule has 0 radical (unpaired) electrons. The van der Waals surface area contributed by atoms with Crippen LogP contribution in [0.25, 0.3) is 0 Å². The number of carbonyl (C=O) groups is 2. The van der Waals surface area contributed by atoms with Gasteiger partial charge in [-0.15, -0.1) is 0 Å². The number of hydrogen-bond acceptors (Lipinski definition) is 3. The van der Waals surface area contributed by atoms with E-state index in [0.717, 1.165) is 12.8 Å². The maximum atomic E-state index is 12.1. The van der Waals surface area contributed by atoms with Crippen LogP contribution < -0.4 is 10.6 Å². The van der Waals surface area contributed by atoms with Gasteiger partial charge >= 0.3 is 0 Å². The lowest BCUT2D eigenvalue weighted by atomic mass is 9.80. The van der Waals surface area contributed by atoms with Gasteiger partial charge in [0.15, 0.2) is 0 Å². The zero-order chi connectivity index (χ0) is 13.9. The van der Waals surface area contributed by atoms with E-state index in [1.165, 1.54) is 19.3 Å². The van der Waals surface area contributed by atoms with Crippen molar-refractivity contribution in [2.75, 3.05) is 27.2 Å². The second-order valence-electron chi connectivity index (χ2n) is 6.10. The topological polar surface area (TPSA) is 61.4 Å². The minimum atomic E-state index is -0.185. The first-order valence-corrected chi connectivity index (χ1v) is 7.25. The van der Waals surface area contributed by atoms with Crippen LogP contribution >= 0.6 is 0 Å². The highest BCUT2D eigenvalue weighted by molar-refractivity contribution is 5.89. The van der Waals surface area contributed by atoms with Crippen molar-refractivity contribution in [3.8, 4) is 0 Å². The number of nitrogens with zero attached hydrogens (tertiary/aromatic N) is 1. The van der Waals surface area contributed by atoms with Crippen LogP contribution in [0.3, 0.4) is 0 Å². The lowest BCUT2D eigenvalue weighted by molar-refractivity contribution is -0.127. The molecule has 1 atom stereocenters. The van der Waals surface area contributed by atoms with Crippen LogP contribution in [0, 0.1) is 5.92 Å². The van der Waals surface area contributed by atoms with Crippen molar-refractivity contribution in [2.24, 2.45) is 5.92 Å². The molecule has 1 saturated carbocycles. The molecule has 5 nitrogen and oxygen atoms in total. The highest BCUT2D eigenvalue weighted by Crippen LogP contribution is 2.31.